The van der Waals surface area contributed by atoms with Crippen LogP contribution in [0.4, 0.5) is 9.18 Å². The Labute approximate surface area is 119 Å². The van der Waals surface area contributed by atoms with E-state index in [1.807, 2.05) is 0 Å². The average molecular weight is 297 g/mol. The Balaban J connectivity index is 2.34. The molecule has 1 aliphatic heterocycles. The van der Waals surface area contributed by atoms with Gasteiger partial charge in [0.05, 0.1) is 6.54 Å². The first-order chi connectivity index (χ1) is 9.40. The zero-order valence-corrected chi connectivity index (χ0v) is 11.0. The van der Waals surface area contributed by atoms with Crippen molar-refractivity contribution in [1.82, 2.24) is 10.2 Å². The van der Waals surface area contributed by atoms with Gasteiger partial charge in [0.25, 0.3) is 0 Å². The predicted molar refractivity (Wildman–Crippen MR) is 69.4 cm³/mol. The summed E-state index contributed by atoms with van der Waals surface area (Å²) in [4.78, 5) is 36.4. The van der Waals surface area contributed by atoms with E-state index in [0.29, 0.717) is 5.56 Å². The summed E-state index contributed by atoms with van der Waals surface area (Å²) in [6.45, 7) is 3.21. The van der Waals surface area contributed by atoms with Crippen LogP contribution < -0.4 is 5.32 Å². The Kier molecular flexibility index (Phi) is 3.85. The first kappa shape index (κ1) is 14.2. The molecule has 1 aliphatic rings. The van der Waals surface area contributed by atoms with Crippen molar-refractivity contribution in [2.24, 2.45) is 0 Å². The Hall–Kier alpha value is -2.21. The maximum absolute atomic E-state index is 12.9. The number of rotatable bonds is 3. The van der Waals surface area contributed by atoms with Gasteiger partial charge in [-0.1, -0.05) is 30.3 Å². The summed E-state index contributed by atoms with van der Waals surface area (Å²) in [7, 11) is 0. The van der Waals surface area contributed by atoms with Crippen LogP contribution in [0.25, 0.3) is 0 Å². The minimum absolute atomic E-state index is 0.0840. The van der Waals surface area contributed by atoms with E-state index < -0.39 is 29.6 Å². The average Bonchev–Trinajstić information content (AvgIpc) is 2.36. The van der Waals surface area contributed by atoms with Crippen molar-refractivity contribution in [3.63, 3.8) is 0 Å². The van der Waals surface area contributed by atoms with E-state index in [1.54, 1.807) is 0 Å². The molecule has 2 rings (SSSR count). The number of nitrogens with zero attached hydrogens (tertiary/aromatic N) is 1. The van der Waals surface area contributed by atoms with Crippen molar-refractivity contribution in [1.29, 1.82) is 0 Å². The Morgan fingerprint density at radius 1 is 1.30 bits per heavy atom. The zero-order valence-electron chi connectivity index (χ0n) is 10.2. The summed E-state index contributed by atoms with van der Waals surface area (Å²) in [6.07, 6.45) is 0. The van der Waals surface area contributed by atoms with Crippen LogP contribution in [-0.2, 0) is 9.59 Å². The van der Waals surface area contributed by atoms with Gasteiger partial charge in [-0.15, -0.1) is 0 Å². The molecule has 0 saturated carbocycles. The monoisotopic (exact) mass is 296 g/mol. The minimum Gasteiger partial charge on any atom is -0.277 e. The van der Waals surface area contributed by atoms with E-state index in [1.165, 1.54) is 12.1 Å². The lowest BCUT2D eigenvalue weighted by atomic mass is 9.95. The maximum atomic E-state index is 12.9. The number of urea groups is 1. The third-order valence-electron chi connectivity index (χ3n) is 2.78. The number of barbiturate groups is 1. The molecule has 1 unspecified atom stereocenters. The second kappa shape index (κ2) is 5.42. The third-order valence-corrected chi connectivity index (χ3v) is 2.90. The van der Waals surface area contributed by atoms with Gasteiger partial charge in [0.15, 0.2) is 0 Å². The number of hydrogen-bond acceptors (Lipinski definition) is 3. The lowest BCUT2D eigenvalue weighted by Gasteiger charge is -2.30. The summed E-state index contributed by atoms with van der Waals surface area (Å²) in [5, 5.41) is 2.15. The largest absolute Gasteiger partial charge is 0.331 e. The van der Waals surface area contributed by atoms with Crippen LogP contribution in [0.1, 0.15) is 11.5 Å². The van der Waals surface area contributed by atoms with E-state index in [0.717, 1.165) is 17.0 Å². The molecule has 0 aliphatic carbocycles. The number of carbonyl (C=O) groups excluding carboxylic acids is 3. The highest BCUT2D eigenvalue weighted by molar-refractivity contribution is 6.30. The first-order valence-electron chi connectivity index (χ1n) is 5.65. The molecule has 1 aromatic carbocycles. The van der Waals surface area contributed by atoms with Gasteiger partial charge in [-0.05, 0) is 17.7 Å². The molecule has 1 saturated heterocycles. The van der Waals surface area contributed by atoms with Crippen molar-refractivity contribution in [3.8, 4) is 0 Å². The molecule has 1 aromatic rings. The number of halogens is 2. The normalized spacial score (nSPS) is 19.0. The van der Waals surface area contributed by atoms with Crippen LogP contribution >= 0.6 is 11.6 Å². The van der Waals surface area contributed by atoms with Crippen LogP contribution in [0.3, 0.4) is 0 Å². The second-order valence-corrected chi connectivity index (χ2v) is 4.76. The number of benzene rings is 1. The van der Waals surface area contributed by atoms with E-state index in [4.69, 9.17) is 11.6 Å². The summed E-state index contributed by atoms with van der Waals surface area (Å²) in [5.41, 5.74) is 0.298. The SMILES string of the molecule is C=C(Cl)CN1C(=O)NC(=O)C(c2ccc(F)cc2)C1=O. The van der Waals surface area contributed by atoms with Gasteiger partial charge in [0.2, 0.25) is 11.8 Å². The van der Waals surface area contributed by atoms with Crippen LogP contribution in [0, 0.1) is 5.82 Å². The van der Waals surface area contributed by atoms with Crippen LogP contribution in [0.15, 0.2) is 35.9 Å². The number of nitrogens with one attached hydrogen (secondary N) is 1. The predicted octanol–water partition coefficient (Wildman–Crippen LogP) is 1.74. The van der Waals surface area contributed by atoms with Gasteiger partial charge in [0.1, 0.15) is 11.7 Å². The van der Waals surface area contributed by atoms with E-state index in [-0.39, 0.29) is 11.6 Å². The summed E-state index contributed by atoms with van der Waals surface area (Å²) in [5.74, 6) is -3.15. The summed E-state index contributed by atoms with van der Waals surface area (Å²) in [6, 6.07) is 4.07. The van der Waals surface area contributed by atoms with E-state index >= 15 is 0 Å². The number of amides is 4. The molecule has 1 fully saturated rings. The van der Waals surface area contributed by atoms with Crippen LogP contribution in [-0.4, -0.2) is 29.3 Å². The lowest BCUT2D eigenvalue weighted by molar-refractivity contribution is -0.138. The van der Waals surface area contributed by atoms with Crippen LogP contribution in [0.5, 0.6) is 0 Å². The Bertz CT molecular complexity index is 600. The molecule has 20 heavy (non-hydrogen) atoms. The fraction of sp³-hybridized carbons (Fsp3) is 0.154. The lowest BCUT2D eigenvalue weighted by Crippen LogP contribution is -2.57. The molecule has 0 bridgehead atoms. The van der Waals surface area contributed by atoms with Gasteiger partial charge in [0, 0.05) is 5.03 Å². The summed E-state index contributed by atoms with van der Waals surface area (Å²) < 4.78 is 12.9. The van der Waals surface area contributed by atoms with Crippen molar-refractivity contribution in [2.75, 3.05) is 6.54 Å². The van der Waals surface area contributed by atoms with E-state index in [2.05, 4.69) is 11.9 Å². The molecule has 104 valence electrons. The smallest absolute Gasteiger partial charge is 0.277 e. The molecule has 1 heterocycles. The first-order valence-corrected chi connectivity index (χ1v) is 6.03. The fourth-order valence-electron chi connectivity index (χ4n) is 1.88. The molecule has 0 radical (unpaired) electrons. The zero-order chi connectivity index (χ0) is 14.9. The highest BCUT2D eigenvalue weighted by Crippen LogP contribution is 2.23. The van der Waals surface area contributed by atoms with Crippen molar-refractivity contribution >= 4 is 29.4 Å². The van der Waals surface area contributed by atoms with Gasteiger partial charge < -0.3 is 0 Å². The fourth-order valence-corrected chi connectivity index (χ4v) is 2.00. The van der Waals surface area contributed by atoms with Gasteiger partial charge in [-0.25, -0.2) is 9.18 Å². The molecule has 1 N–H and O–H groups in total. The highest BCUT2D eigenvalue weighted by Gasteiger charge is 2.41. The van der Waals surface area contributed by atoms with Crippen LogP contribution in [0.2, 0.25) is 0 Å². The maximum Gasteiger partial charge on any atom is 0.331 e. The Morgan fingerprint density at radius 3 is 2.45 bits per heavy atom. The molecule has 5 nitrogen and oxygen atoms in total. The van der Waals surface area contributed by atoms with Gasteiger partial charge in [-0.2, -0.15) is 0 Å². The molecular weight excluding hydrogens is 287 g/mol. The number of carbonyl (C=O) groups is 3. The van der Waals surface area contributed by atoms with Crippen molar-refractivity contribution < 1.29 is 18.8 Å². The third kappa shape index (κ3) is 2.70. The summed E-state index contributed by atoms with van der Waals surface area (Å²) >= 11 is 5.59. The standard InChI is InChI=1S/C13H10ClFN2O3/c1-7(14)6-17-12(19)10(11(18)16-13(17)20)8-2-4-9(15)5-3-8/h2-5,10H,1,6H2,(H,16,18,20). The van der Waals surface area contributed by atoms with Crippen molar-refractivity contribution in [2.45, 2.75) is 5.92 Å². The quantitative estimate of drug-likeness (QED) is 0.864. The minimum atomic E-state index is -1.20. The molecular formula is C13H10ClFN2O3. The van der Waals surface area contributed by atoms with E-state index in [9.17, 15) is 18.8 Å². The topological polar surface area (TPSA) is 66.5 Å². The molecule has 0 aromatic heterocycles. The molecule has 1 atom stereocenters. The van der Waals surface area contributed by atoms with Gasteiger partial charge in [-0.3, -0.25) is 19.8 Å². The number of hydrogen-bond donors (Lipinski definition) is 1. The molecule has 4 amide bonds. The molecule has 7 heteroatoms. The second-order valence-electron chi connectivity index (χ2n) is 4.22. The van der Waals surface area contributed by atoms with Gasteiger partial charge >= 0.3 is 6.03 Å². The highest BCUT2D eigenvalue weighted by atomic mass is 35.5. The van der Waals surface area contributed by atoms with Crippen molar-refractivity contribution in [3.05, 3.63) is 47.3 Å². The molecule has 0 spiro atoms. The Morgan fingerprint density at radius 2 is 1.90 bits per heavy atom. The number of imide groups is 2.